The summed E-state index contributed by atoms with van der Waals surface area (Å²) in [4.78, 5) is 13.4. The van der Waals surface area contributed by atoms with Gasteiger partial charge in [0.1, 0.15) is 73.2 Å². The third kappa shape index (κ3) is 37.1. The number of aliphatic hydroxyl groups is 11. The Hall–Kier alpha value is -4.07. The van der Waals surface area contributed by atoms with E-state index in [4.69, 9.17) is 28.4 Å². The molecule has 0 bridgehead atoms. The SMILES string of the molecule is CC/C=C\C/C=C\C/C=C\C/C=C\C/C=C\C/C=C\C/C=C\C/C=C\C/C=C\CCCCCC(=O)NC(COC1OC(CO)C(OC2OC(CO)C(OC3OC(CO)C(O)C(O)C3O)C(O)C2O)C(O)C1O)C(O)/C=C/CC/C=C/CCCCCCCCCCCCCCC. The van der Waals surface area contributed by atoms with Crippen LogP contribution in [0.15, 0.2) is 134 Å². The van der Waals surface area contributed by atoms with Gasteiger partial charge in [-0.25, -0.2) is 0 Å². The fourth-order valence-electron chi connectivity index (χ4n) is 11.1. The normalized spacial score (nSPS) is 28.0. The summed E-state index contributed by atoms with van der Waals surface area (Å²) < 4.78 is 34.3. The Bertz CT molecular complexity index is 2240. The highest BCUT2D eigenvalue weighted by atomic mass is 16.8. The van der Waals surface area contributed by atoms with Crippen molar-refractivity contribution >= 4 is 5.91 Å². The maximum atomic E-state index is 13.4. The summed E-state index contributed by atoms with van der Waals surface area (Å²) in [7, 11) is 0. The lowest BCUT2D eigenvalue weighted by atomic mass is 9.96. The zero-order valence-electron chi connectivity index (χ0n) is 57.3. The van der Waals surface area contributed by atoms with Crippen LogP contribution < -0.4 is 5.32 Å². The van der Waals surface area contributed by atoms with Gasteiger partial charge in [0.05, 0.1) is 38.6 Å². The van der Waals surface area contributed by atoms with E-state index in [1.165, 1.54) is 77.0 Å². The second kappa shape index (κ2) is 55.8. The Labute approximate surface area is 569 Å². The topological polar surface area (TPSA) is 307 Å². The van der Waals surface area contributed by atoms with E-state index in [2.05, 4.69) is 141 Å². The lowest BCUT2D eigenvalue weighted by molar-refractivity contribution is -0.379. The monoisotopic (exact) mass is 1340 g/mol. The average molecular weight is 1340 g/mol. The standard InChI is InChI=1S/C76H125NO18/c1-3-5-7-9-11-13-15-17-19-21-23-24-25-26-27-28-29-30-31-32-33-34-36-38-40-42-44-46-48-50-52-54-64(82)77-59(60(81)53-51-49-47-45-43-41-39-37-35-22-20-18-16-14-12-10-8-6-4-2)58-90-74-70(88)67(85)72(62(56-79)92-74)95-76-71(89)68(86)73(63(57-80)93-76)94-75-69(87)66(84)65(83)61(55-78)91-75/h5,7,11,13,17,19,23-24,26-27,29-30,32-33,36,38,42-45,51,53,59-63,65-76,78-81,83-89H,3-4,6,8-10,12,14-16,18,20-22,25,28,31,34-35,37,39-41,46-50,52,54-58H2,1-2H3,(H,77,82)/b7-5-,13-11-,19-17-,24-23-,27-26-,30-29-,33-32-,38-36-,44-42-,45-43+,53-51+. The first-order chi connectivity index (χ1) is 46.3. The first-order valence-corrected chi connectivity index (χ1v) is 35.9. The molecule has 0 aliphatic carbocycles. The Balaban J connectivity index is 1.45. The molecule has 3 aliphatic rings. The number of hydrogen-bond donors (Lipinski definition) is 12. The predicted octanol–water partition coefficient (Wildman–Crippen LogP) is 10.2. The van der Waals surface area contributed by atoms with Gasteiger partial charge in [-0.1, -0.05) is 231 Å². The molecule has 3 rings (SSSR count). The number of carbonyl (C=O) groups excluding carboxylic acids is 1. The molecule has 17 unspecified atom stereocenters. The molecule has 17 atom stereocenters. The van der Waals surface area contributed by atoms with Crippen LogP contribution in [0.4, 0.5) is 0 Å². The minimum atomic E-state index is -1.99. The molecule has 0 aromatic rings. The molecule has 19 nitrogen and oxygen atoms in total. The average Bonchev–Trinajstić information content (AvgIpc) is 0.787. The van der Waals surface area contributed by atoms with Gasteiger partial charge in [0, 0.05) is 6.42 Å². The van der Waals surface area contributed by atoms with E-state index in [0.717, 1.165) is 96.3 Å². The van der Waals surface area contributed by atoms with E-state index < -0.39 is 124 Å². The first-order valence-electron chi connectivity index (χ1n) is 35.9. The molecule has 3 fully saturated rings. The Morgan fingerprint density at radius 3 is 1.18 bits per heavy atom. The van der Waals surface area contributed by atoms with Crippen LogP contribution in [0.25, 0.3) is 0 Å². The number of nitrogens with one attached hydrogen (secondary N) is 1. The van der Waals surface area contributed by atoms with Crippen LogP contribution in [0.1, 0.15) is 206 Å². The van der Waals surface area contributed by atoms with Gasteiger partial charge in [0.2, 0.25) is 5.91 Å². The van der Waals surface area contributed by atoms with Gasteiger partial charge in [-0.2, -0.15) is 0 Å². The molecule has 19 heteroatoms. The fourth-order valence-corrected chi connectivity index (χ4v) is 11.1. The summed E-state index contributed by atoms with van der Waals surface area (Å²) in [5.41, 5.74) is 0. The smallest absolute Gasteiger partial charge is 0.220 e. The van der Waals surface area contributed by atoms with E-state index in [9.17, 15) is 61.0 Å². The van der Waals surface area contributed by atoms with Crippen molar-refractivity contribution in [3.8, 4) is 0 Å². The van der Waals surface area contributed by atoms with Gasteiger partial charge in [-0.05, 0) is 103 Å². The van der Waals surface area contributed by atoms with Gasteiger partial charge in [-0.3, -0.25) is 4.79 Å². The van der Waals surface area contributed by atoms with Gasteiger partial charge in [-0.15, -0.1) is 0 Å². The highest BCUT2D eigenvalue weighted by Crippen LogP contribution is 2.33. The zero-order valence-corrected chi connectivity index (χ0v) is 57.3. The third-order valence-corrected chi connectivity index (χ3v) is 16.9. The van der Waals surface area contributed by atoms with Gasteiger partial charge in [0.15, 0.2) is 18.9 Å². The van der Waals surface area contributed by atoms with Crippen molar-refractivity contribution in [2.24, 2.45) is 0 Å². The molecule has 0 radical (unpaired) electrons. The van der Waals surface area contributed by atoms with Crippen LogP contribution >= 0.6 is 0 Å². The maximum absolute atomic E-state index is 13.4. The largest absolute Gasteiger partial charge is 0.394 e. The minimum Gasteiger partial charge on any atom is -0.394 e. The number of hydrogen-bond acceptors (Lipinski definition) is 18. The van der Waals surface area contributed by atoms with Crippen LogP contribution in [0.2, 0.25) is 0 Å². The second-order valence-corrected chi connectivity index (χ2v) is 25.0. The second-order valence-electron chi connectivity index (χ2n) is 25.0. The number of aliphatic hydroxyl groups excluding tert-OH is 11. The molecule has 1 amide bonds. The minimum absolute atomic E-state index is 0.186. The van der Waals surface area contributed by atoms with Crippen LogP contribution in [0.3, 0.4) is 0 Å². The van der Waals surface area contributed by atoms with Gasteiger partial charge >= 0.3 is 0 Å². The molecule has 3 aliphatic heterocycles. The van der Waals surface area contributed by atoms with Crippen molar-refractivity contribution in [1.82, 2.24) is 5.32 Å². The third-order valence-electron chi connectivity index (χ3n) is 16.9. The van der Waals surface area contributed by atoms with Crippen LogP contribution in [-0.4, -0.2) is 193 Å². The van der Waals surface area contributed by atoms with E-state index >= 15 is 0 Å². The number of allylic oxidation sites excluding steroid dienone is 21. The quantitative estimate of drug-likeness (QED) is 0.0199. The van der Waals surface area contributed by atoms with Crippen molar-refractivity contribution in [3.63, 3.8) is 0 Å². The Kier molecular flexibility index (Phi) is 50.0. The summed E-state index contributed by atoms with van der Waals surface area (Å²) in [6.45, 7) is 1.56. The summed E-state index contributed by atoms with van der Waals surface area (Å²) in [6, 6.07) is -1.02. The highest BCUT2D eigenvalue weighted by Gasteiger charge is 2.53. The molecule has 0 saturated carbocycles. The van der Waals surface area contributed by atoms with E-state index in [1.54, 1.807) is 6.08 Å². The summed E-state index contributed by atoms with van der Waals surface area (Å²) in [5.74, 6) is -0.323. The lowest BCUT2D eigenvalue weighted by Gasteiger charge is -2.48. The van der Waals surface area contributed by atoms with E-state index in [1.807, 2.05) is 6.08 Å². The van der Waals surface area contributed by atoms with E-state index in [0.29, 0.717) is 12.8 Å². The van der Waals surface area contributed by atoms with Crippen molar-refractivity contribution in [2.45, 2.75) is 311 Å². The number of unbranched alkanes of at least 4 members (excludes halogenated alkanes) is 17. The number of rotatable bonds is 53. The summed E-state index contributed by atoms with van der Waals surface area (Å²) in [5, 5.41) is 121. The number of ether oxygens (including phenoxy) is 6. The molecule has 12 N–H and O–H groups in total. The zero-order chi connectivity index (χ0) is 68.9. The van der Waals surface area contributed by atoms with Gasteiger partial charge in [0.25, 0.3) is 0 Å². The molecule has 0 spiro atoms. The van der Waals surface area contributed by atoms with Crippen LogP contribution in [0, 0.1) is 0 Å². The summed E-state index contributed by atoms with van der Waals surface area (Å²) >= 11 is 0. The molecule has 542 valence electrons. The number of carbonyl (C=O) groups is 1. The lowest BCUT2D eigenvalue weighted by Crippen LogP contribution is -2.66. The van der Waals surface area contributed by atoms with Crippen LogP contribution in [-0.2, 0) is 33.2 Å². The van der Waals surface area contributed by atoms with Gasteiger partial charge < -0.3 is 89.9 Å². The van der Waals surface area contributed by atoms with Crippen molar-refractivity contribution in [3.05, 3.63) is 134 Å². The first kappa shape index (κ1) is 85.2. The summed E-state index contributed by atoms with van der Waals surface area (Å²) in [6.07, 6.45) is 51.4. The van der Waals surface area contributed by atoms with Crippen molar-refractivity contribution in [1.29, 1.82) is 0 Å². The molecular weight excluding hydrogens is 1210 g/mol. The Morgan fingerprint density at radius 1 is 0.389 bits per heavy atom. The fraction of sp³-hybridized carbons (Fsp3) is 0.697. The molecule has 3 saturated heterocycles. The van der Waals surface area contributed by atoms with Crippen LogP contribution in [0.5, 0.6) is 0 Å². The predicted molar refractivity (Wildman–Crippen MR) is 373 cm³/mol. The molecule has 95 heavy (non-hydrogen) atoms. The molecule has 0 aromatic heterocycles. The Morgan fingerprint density at radius 2 is 0.737 bits per heavy atom. The molecule has 3 heterocycles. The van der Waals surface area contributed by atoms with Crippen molar-refractivity contribution < 1.29 is 89.4 Å². The van der Waals surface area contributed by atoms with E-state index in [-0.39, 0.29) is 18.9 Å². The highest BCUT2D eigenvalue weighted by molar-refractivity contribution is 5.76. The molecular formula is C76H125NO18. The number of amides is 1. The maximum Gasteiger partial charge on any atom is 0.220 e. The van der Waals surface area contributed by atoms with Crippen molar-refractivity contribution in [2.75, 3.05) is 26.4 Å². The molecule has 0 aromatic carbocycles.